The maximum atomic E-state index is 11.9. The summed E-state index contributed by atoms with van der Waals surface area (Å²) < 4.78 is 1.90. The van der Waals surface area contributed by atoms with Gasteiger partial charge in [0.1, 0.15) is 5.41 Å². The molecule has 1 heterocycles. The lowest BCUT2D eigenvalue weighted by atomic mass is 9.94. The number of aromatic nitrogens is 2. The molecule has 3 unspecified atom stereocenters. The molecule has 0 aliphatic heterocycles. The zero-order valence-electron chi connectivity index (χ0n) is 15.1. The van der Waals surface area contributed by atoms with Crippen LogP contribution in [0.5, 0.6) is 0 Å². The van der Waals surface area contributed by atoms with E-state index in [0.29, 0.717) is 24.6 Å². The van der Waals surface area contributed by atoms with E-state index in [1.165, 1.54) is 5.57 Å². The van der Waals surface area contributed by atoms with E-state index in [9.17, 15) is 9.90 Å². The number of hydrogen-bond donors (Lipinski definition) is 2. The molecule has 2 rings (SSSR count). The minimum atomic E-state index is -0.829. The van der Waals surface area contributed by atoms with E-state index in [4.69, 9.17) is 5.73 Å². The highest BCUT2D eigenvalue weighted by Crippen LogP contribution is 2.56. The van der Waals surface area contributed by atoms with Gasteiger partial charge >= 0.3 is 5.97 Å². The summed E-state index contributed by atoms with van der Waals surface area (Å²) in [4.78, 5) is 16.3. The number of carboxylic acid groups (broad SMARTS) is 1. The number of nitrogens with two attached hydrogens (primary N) is 1. The normalized spacial score (nSPS) is 25.6. The van der Waals surface area contributed by atoms with Crippen molar-refractivity contribution in [2.45, 2.75) is 52.4 Å². The van der Waals surface area contributed by atoms with Gasteiger partial charge in [0, 0.05) is 11.9 Å². The highest BCUT2D eigenvalue weighted by molar-refractivity contribution is 5.85. The van der Waals surface area contributed by atoms with Crippen LogP contribution < -0.4 is 5.73 Å². The van der Waals surface area contributed by atoms with Crippen molar-refractivity contribution in [3.8, 4) is 0 Å². The first-order valence-corrected chi connectivity index (χ1v) is 8.67. The number of rotatable bonds is 8. The molecule has 3 atom stereocenters. The molecule has 0 radical (unpaired) electrons. The van der Waals surface area contributed by atoms with Crippen molar-refractivity contribution in [3.63, 3.8) is 0 Å². The summed E-state index contributed by atoms with van der Waals surface area (Å²) in [5, 5.41) is 9.76. The Morgan fingerprint density at radius 1 is 1.54 bits per heavy atom. The van der Waals surface area contributed by atoms with E-state index in [0.717, 1.165) is 18.5 Å². The molecule has 0 amide bonds. The van der Waals surface area contributed by atoms with Crippen molar-refractivity contribution in [3.05, 3.63) is 35.9 Å². The van der Waals surface area contributed by atoms with Crippen LogP contribution in [0.3, 0.4) is 0 Å². The predicted molar refractivity (Wildman–Crippen MR) is 96.5 cm³/mol. The maximum absolute atomic E-state index is 11.9. The quantitative estimate of drug-likeness (QED) is 0.715. The Hall–Kier alpha value is -1.88. The second-order valence-corrected chi connectivity index (χ2v) is 7.09. The number of carboxylic acids is 1. The number of aliphatic carboxylic acids is 1. The maximum Gasteiger partial charge on any atom is 0.316 e. The monoisotopic (exact) mass is 331 g/mol. The highest BCUT2D eigenvalue weighted by Gasteiger charge is 2.62. The third kappa shape index (κ3) is 3.61. The van der Waals surface area contributed by atoms with E-state index in [2.05, 4.69) is 31.8 Å². The Morgan fingerprint density at radius 3 is 2.83 bits per heavy atom. The van der Waals surface area contributed by atoms with Gasteiger partial charge in [0.05, 0.1) is 12.0 Å². The van der Waals surface area contributed by atoms with E-state index in [-0.39, 0.29) is 5.92 Å². The van der Waals surface area contributed by atoms with Crippen molar-refractivity contribution < 1.29 is 9.90 Å². The molecule has 1 saturated carbocycles. The van der Waals surface area contributed by atoms with Gasteiger partial charge in [-0.05, 0) is 57.6 Å². The van der Waals surface area contributed by atoms with Crippen LogP contribution >= 0.6 is 0 Å². The summed E-state index contributed by atoms with van der Waals surface area (Å²) in [5.41, 5.74) is 7.84. The summed E-state index contributed by atoms with van der Waals surface area (Å²) in [6.07, 6.45) is 10.2. The molecule has 1 aromatic heterocycles. The topological polar surface area (TPSA) is 81.1 Å². The van der Waals surface area contributed by atoms with Crippen LogP contribution in [0.4, 0.5) is 0 Å². The van der Waals surface area contributed by atoms with Crippen LogP contribution in [0, 0.1) is 11.8 Å². The Kier molecular flexibility index (Phi) is 5.65. The second-order valence-electron chi connectivity index (χ2n) is 7.09. The molecular formula is C19H29N3O2. The van der Waals surface area contributed by atoms with Crippen LogP contribution in [0.15, 0.2) is 30.2 Å². The number of hydrogen-bond acceptors (Lipinski definition) is 3. The molecule has 24 heavy (non-hydrogen) atoms. The van der Waals surface area contributed by atoms with Gasteiger partial charge < -0.3 is 15.4 Å². The zero-order chi connectivity index (χ0) is 17.9. The zero-order valence-corrected chi connectivity index (χ0v) is 15.1. The standard InChI is InChI=1S/C19H29N3O2/c1-5-13(2)6-7-15(4)22-11-17(21-12-22)19(18(23)24)9-16(19)8-14(3)10-20/h6-7,11-12,14,16H,5,8-10,20H2,1-4H3,(H,23,24)/b13-6-,15-7+. The SMILES string of the molecule is CC/C(C)=C\C=C(/C)n1cnc(C2(C(=O)O)CC2CC(C)CN)c1. The molecule has 1 aromatic rings. The molecule has 1 aliphatic carbocycles. The Bertz CT molecular complexity index is 659. The van der Waals surface area contributed by atoms with Crippen molar-refractivity contribution in [1.82, 2.24) is 9.55 Å². The van der Waals surface area contributed by atoms with E-state index >= 15 is 0 Å². The predicted octanol–water partition coefficient (Wildman–Crippen LogP) is 3.43. The van der Waals surface area contributed by atoms with Gasteiger partial charge in [0.25, 0.3) is 0 Å². The minimum absolute atomic E-state index is 0.128. The molecular weight excluding hydrogens is 302 g/mol. The van der Waals surface area contributed by atoms with Crippen molar-refractivity contribution in [2.75, 3.05) is 6.54 Å². The van der Waals surface area contributed by atoms with Gasteiger partial charge in [-0.3, -0.25) is 4.79 Å². The van der Waals surface area contributed by atoms with Crippen LogP contribution in [0.25, 0.3) is 5.70 Å². The summed E-state index contributed by atoms with van der Waals surface area (Å²) in [6, 6.07) is 0. The fourth-order valence-electron chi connectivity index (χ4n) is 3.09. The van der Waals surface area contributed by atoms with E-state index < -0.39 is 11.4 Å². The van der Waals surface area contributed by atoms with Gasteiger partial charge in [-0.15, -0.1) is 0 Å². The van der Waals surface area contributed by atoms with E-state index in [1.807, 2.05) is 23.8 Å². The van der Waals surface area contributed by atoms with Crippen molar-refractivity contribution in [2.24, 2.45) is 17.6 Å². The minimum Gasteiger partial charge on any atom is -0.481 e. The Labute approximate surface area is 144 Å². The third-order valence-corrected chi connectivity index (χ3v) is 5.19. The summed E-state index contributed by atoms with van der Waals surface area (Å²) in [5.74, 6) is -0.309. The molecule has 0 bridgehead atoms. The number of imidazole rings is 1. The first kappa shape index (κ1) is 18.5. The smallest absolute Gasteiger partial charge is 0.316 e. The third-order valence-electron chi connectivity index (χ3n) is 5.19. The van der Waals surface area contributed by atoms with Crippen molar-refractivity contribution >= 4 is 11.7 Å². The summed E-state index contributed by atoms with van der Waals surface area (Å²) in [6.45, 7) is 8.87. The second kappa shape index (κ2) is 7.34. The summed E-state index contributed by atoms with van der Waals surface area (Å²) in [7, 11) is 0. The largest absolute Gasteiger partial charge is 0.481 e. The molecule has 0 spiro atoms. The Balaban J connectivity index is 2.21. The van der Waals surface area contributed by atoms with Crippen LogP contribution in [0.1, 0.15) is 52.7 Å². The van der Waals surface area contributed by atoms with Gasteiger partial charge in [-0.1, -0.05) is 25.5 Å². The Morgan fingerprint density at radius 2 is 2.25 bits per heavy atom. The van der Waals surface area contributed by atoms with Gasteiger partial charge in [-0.2, -0.15) is 0 Å². The van der Waals surface area contributed by atoms with Gasteiger partial charge in [0.2, 0.25) is 0 Å². The van der Waals surface area contributed by atoms with E-state index in [1.54, 1.807) is 6.33 Å². The van der Waals surface area contributed by atoms with Crippen LogP contribution in [0.2, 0.25) is 0 Å². The molecule has 1 aliphatic rings. The van der Waals surface area contributed by atoms with Gasteiger partial charge in [-0.25, -0.2) is 4.98 Å². The molecule has 132 valence electrons. The molecule has 5 nitrogen and oxygen atoms in total. The molecule has 0 aromatic carbocycles. The number of carbonyl (C=O) groups is 1. The van der Waals surface area contributed by atoms with Gasteiger partial charge in [0.15, 0.2) is 0 Å². The first-order valence-electron chi connectivity index (χ1n) is 8.67. The first-order chi connectivity index (χ1) is 11.3. The lowest BCUT2D eigenvalue weighted by Gasteiger charge is -2.12. The fraction of sp³-hybridized carbons (Fsp3) is 0.579. The lowest BCUT2D eigenvalue weighted by molar-refractivity contribution is -0.140. The fourth-order valence-corrected chi connectivity index (χ4v) is 3.09. The average molecular weight is 331 g/mol. The molecule has 3 N–H and O–H groups in total. The number of nitrogens with zero attached hydrogens (tertiary/aromatic N) is 2. The van der Waals surface area contributed by atoms with Crippen LogP contribution in [-0.4, -0.2) is 27.2 Å². The summed E-state index contributed by atoms with van der Waals surface area (Å²) >= 11 is 0. The molecule has 1 fully saturated rings. The van der Waals surface area contributed by atoms with Crippen molar-refractivity contribution in [1.29, 1.82) is 0 Å². The van der Waals surface area contributed by atoms with Crippen LogP contribution in [-0.2, 0) is 10.2 Å². The lowest BCUT2D eigenvalue weighted by Crippen LogP contribution is -2.24. The highest BCUT2D eigenvalue weighted by atomic mass is 16.4. The molecule has 0 saturated heterocycles. The number of allylic oxidation sites excluding steroid dienone is 4. The average Bonchev–Trinajstić information content (AvgIpc) is 3.06. The molecule has 5 heteroatoms.